The number of hydrogen-bond donors (Lipinski definition) is 1. The van der Waals surface area contributed by atoms with Crippen molar-refractivity contribution in [2.24, 2.45) is 11.7 Å². The summed E-state index contributed by atoms with van der Waals surface area (Å²) in [5.41, 5.74) is 9.70. The van der Waals surface area contributed by atoms with E-state index >= 15 is 0 Å². The first-order valence-corrected chi connectivity index (χ1v) is 8.33. The average Bonchev–Trinajstić information content (AvgIpc) is 2.49. The van der Waals surface area contributed by atoms with E-state index in [1.54, 1.807) is 0 Å². The maximum absolute atomic E-state index is 6.67. The summed E-state index contributed by atoms with van der Waals surface area (Å²) < 4.78 is 11.7. The molecule has 4 rings (SSSR count). The lowest BCUT2D eigenvalue weighted by Gasteiger charge is -2.47. The Kier molecular flexibility index (Phi) is 3.52. The number of hydrogen-bond acceptors (Lipinski definition) is 3. The van der Waals surface area contributed by atoms with Crippen molar-refractivity contribution in [3.05, 3.63) is 35.4 Å². The summed E-state index contributed by atoms with van der Waals surface area (Å²) in [7, 11) is 0. The molecule has 1 aromatic rings. The first kappa shape index (κ1) is 13.7. The largest absolute Gasteiger partial charge is 0.381 e. The van der Waals surface area contributed by atoms with E-state index in [1.165, 1.54) is 11.1 Å². The number of benzene rings is 1. The molecule has 2 aliphatic heterocycles. The highest BCUT2D eigenvalue weighted by Crippen LogP contribution is 2.44. The number of nitrogens with two attached hydrogens (primary N) is 1. The van der Waals surface area contributed by atoms with Crippen LogP contribution in [-0.2, 0) is 15.9 Å². The summed E-state index contributed by atoms with van der Waals surface area (Å²) in [6.45, 7) is 2.55. The minimum atomic E-state index is 0.0576. The predicted octanol–water partition coefficient (Wildman–Crippen LogP) is 2.63. The SMILES string of the molecule is NC(C1CCOC2(CCOCC2)C1)C1Cc2ccccc21. The molecule has 2 heterocycles. The third-order valence-corrected chi connectivity index (χ3v) is 5.84. The molecule has 3 unspecified atom stereocenters. The van der Waals surface area contributed by atoms with Crippen LogP contribution in [0.3, 0.4) is 0 Å². The van der Waals surface area contributed by atoms with Crippen molar-refractivity contribution in [1.82, 2.24) is 0 Å². The van der Waals surface area contributed by atoms with Crippen LogP contribution in [0.2, 0.25) is 0 Å². The summed E-state index contributed by atoms with van der Waals surface area (Å²) in [5.74, 6) is 1.15. The molecule has 0 bridgehead atoms. The molecule has 3 aliphatic rings. The van der Waals surface area contributed by atoms with Gasteiger partial charge >= 0.3 is 0 Å². The van der Waals surface area contributed by atoms with Crippen molar-refractivity contribution in [1.29, 1.82) is 0 Å². The zero-order chi connectivity index (χ0) is 14.3. The standard InChI is InChI=1S/C18H25NO2/c19-17(16-11-13-3-1-2-4-15(13)16)14-5-8-21-18(12-14)6-9-20-10-7-18/h1-4,14,16-17H,5-12,19H2. The molecule has 2 N–H and O–H groups in total. The molecule has 114 valence electrons. The van der Waals surface area contributed by atoms with E-state index in [1.807, 2.05) is 0 Å². The molecule has 21 heavy (non-hydrogen) atoms. The molecule has 0 saturated carbocycles. The van der Waals surface area contributed by atoms with Crippen LogP contribution in [0.1, 0.15) is 42.7 Å². The smallest absolute Gasteiger partial charge is 0.0729 e. The Morgan fingerprint density at radius 2 is 1.95 bits per heavy atom. The van der Waals surface area contributed by atoms with Gasteiger partial charge in [0.1, 0.15) is 0 Å². The van der Waals surface area contributed by atoms with Crippen LogP contribution in [0.25, 0.3) is 0 Å². The van der Waals surface area contributed by atoms with Gasteiger partial charge in [0.05, 0.1) is 5.60 Å². The highest BCUT2D eigenvalue weighted by atomic mass is 16.5. The highest BCUT2D eigenvalue weighted by Gasteiger charge is 2.43. The van der Waals surface area contributed by atoms with Gasteiger partial charge in [-0.1, -0.05) is 24.3 Å². The Balaban J connectivity index is 1.46. The van der Waals surface area contributed by atoms with Gasteiger partial charge in [-0.15, -0.1) is 0 Å². The van der Waals surface area contributed by atoms with Gasteiger partial charge in [-0.05, 0) is 49.1 Å². The molecule has 0 amide bonds. The maximum atomic E-state index is 6.67. The second kappa shape index (κ2) is 5.38. The van der Waals surface area contributed by atoms with E-state index in [2.05, 4.69) is 24.3 Å². The second-order valence-electron chi connectivity index (χ2n) is 6.98. The van der Waals surface area contributed by atoms with Gasteiger partial charge < -0.3 is 15.2 Å². The average molecular weight is 287 g/mol. The summed E-state index contributed by atoms with van der Waals surface area (Å²) >= 11 is 0. The highest BCUT2D eigenvalue weighted by molar-refractivity contribution is 5.41. The third kappa shape index (κ3) is 2.41. The van der Waals surface area contributed by atoms with Gasteiger partial charge in [0.15, 0.2) is 0 Å². The van der Waals surface area contributed by atoms with Gasteiger partial charge in [-0.2, -0.15) is 0 Å². The fourth-order valence-corrected chi connectivity index (χ4v) is 4.46. The first-order chi connectivity index (χ1) is 10.3. The molecular formula is C18H25NO2. The van der Waals surface area contributed by atoms with E-state index < -0.39 is 0 Å². The quantitative estimate of drug-likeness (QED) is 0.909. The van der Waals surface area contributed by atoms with Crippen LogP contribution in [0.5, 0.6) is 0 Å². The van der Waals surface area contributed by atoms with E-state index in [9.17, 15) is 0 Å². The number of fused-ring (bicyclic) bond motifs is 1. The van der Waals surface area contributed by atoms with Crippen molar-refractivity contribution in [2.75, 3.05) is 19.8 Å². The molecule has 3 atom stereocenters. The van der Waals surface area contributed by atoms with E-state index in [0.29, 0.717) is 11.8 Å². The summed E-state index contributed by atoms with van der Waals surface area (Å²) in [6.07, 6.45) is 5.47. The summed E-state index contributed by atoms with van der Waals surface area (Å²) in [5, 5.41) is 0. The molecular weight excluding hydrogens is 262 g/mol. The zero-order valence-electron chi connectivity index (χ0n) is 12.6. The monoisotopic (exact) mass is 287 g/mol. The van der Waals surface area contributed by atoms with Crippen molar-refractivity contribution >= 4 is 0 Å². The zero-order valence-corrected chi connectivity index (χ0v) is 12.6. The normalized spacial score (nSPS) is 32.2. The predicted molar refractivity (Wildman–Crippen MR) is 82.3 cm³/mol. The fourth-order valence-electron chi connectivity index (χ4n) is 4.46. The van der Waals surface area contributed by atoms with E-state index in [4.69, 9.17) is 15.2 Å². The summed E-state index contributed by atoms with van der Waals surface area (Å²) in [4.78, 5) is 0. The fraction of sp³-hybridized carbons (Fsp3) is 0.667. The molecule has 1 aromatic carbocycles. The van der Waals surface area contributed by atoms with Crippen LogP contribution < -0.4 is 5.73 Å². The minimum Gasteiger partial charge on any atom is -0.381 e. The molecule has 1 spiro atoms. The van der Waals surface area contributed by atoms with E-state index in [0.717, 1.165) is 51.9 Å². The van der Waals surface area contributed by atoms with Crippen LogP contribution in [0, 0.1) is 5.92 Å². The third-order valence-electron chi connectivity index (χ3n) is 5.84. The van der Waals surface area contributed by atoms with Gasteiger partial charge in [0, 0.05) is 31.8 Å². The summed E-state index contributed by atoms with van der Waals surface area (Å²) in [6, 6.07) is 9.05. The minimum absolute atomic E-state index is 0.0576. The topological polar surface area (TPSA) is 44.5 Å². The van der Waals surface area contributed by atoms with Crippen molar-refractivity contribution in [3.8, 4) is 0 Å². The Labute approximate surface area is 126 Å². The number of ether oxygens (including phenoxy) is 2. The molecule has 0 radical (unpaired) electrons. The van der Waals surface area contributed by atoms with Gasteiger partial charge in [-0.25, -0.2) is 0 Å². The van der Waals surface area contributed by atoms with E-state index in [-0.39, 0.29) is 11.6 Å². The van der Waals surface area contributed by atoms with Gasteiger partial charge in [0.25, 0.3) is 0 Å². The Morgan fingerprint density at radius 3 is 2.76 bits per heavy atom. The lowest BCUT2D eigenvalue weighted by molar-refractivity contribution is -0.149. The lowest BCUT2D eigenvalue weighted by Crippen LogP contribution is -2.50. The van der Waals surface area contributed by atoms with Crippen molar-refractivity contribution < 1.29 is 9.47 Å². The molecule has 0 aromatic heterocycles. The Bertz CT molecular complexity index is 504. The van der Waals surface area contributed by atoms with Crippen LogP contribution in [0.15, 0.2) is 24.3 Å². The van der Waals surface area contributed by atoms with Crippen LogP contribution >= 0.6 is 0 Å². The lowest BCUT2D eigenvalue weighted by atomic mass is 9.67. The van der Waals surface area contributed by atoms with Crippen molar-refractivity contribution in [2.45, 2.75) is 49.7 Å². The first-order valence-electron chi connectivity index (χ1n) is 8.33. The van der Waals surface area contributed by atoms with Crippen molar-refractivity contribution in [3.63, 3.8) is 0 Å². The Morgan fingerprint density at radius 1 is 1.14 bits per heavy atom. The molecule has 1 aliphatic carbocycles. The molecule has 3 heteroatoms. The molecule has 3 nitrogen and oxygen atoms in total. The van der Waals surface area contributed by atoms with Gasteiger partial charge in [-0.3, -0.25) is 0 Å². The Hall–Kier alpha value is -0.900. The molecule has 2 fully saturated rings. The van der Waals surface area contributed by atoms with Crippen LogP contribution in [0.4, 0.5) is 0 Å². The van der Waals surface area contributed by atoms with Gasteiger partial charge in [0.2, 0.25) is 0 Å². The maximum Gasteiger partial charge on any atom is 0.0729 e. The number of rotatable bonds is 2. The molecule has 2 saturated heterocycles. The second-order valence-corrected chi connectivity index (χ2v) is 6.98. The van der Waals surface area contributed by atoms with Crippen LogP contribution in [-0.4, -0.2) is 31.5 Å².